The van der Waals surface area contributed by atoms with Crippen LogP contribution in [0.3, 0.4) is 0 Å². The summed E-state index contributed by atoms with van der Waals surface area (Å²) >= 11 is 7.60. The number of halogens is 1. The third-order valence-corrected chi connectivity index (χ3v) is 3.36. The molecule has 0 bridgehead atoms. The highest BCUT2D eigenvalue weighted by molar-refractivity contribution is 7.10. The van der Waals surface area contributed by atoms with Gasteiger partial charge in [-0.05, 0) is 29.7 Å². The van der Waals surface area contributed by atoms with E-state index in [-0.39, 0.29) is 0 Å². The molecule has 1 atom stereocenters. The maximum Gasteiger partial charge on any atom is 0.0229 e. The molecule has 0 aliphatic carbocycles. The van der Waals surface area contributed by atoms with E-state index >= 15 is 0 Å². The van der Waals surface area contributed by atoms with Crippen molar-refractivity contribution < 1.29 is 0 Å². The molecule has 0 aliphatic rings. The zero-order valence-corrected chi connectivity index (χ0v) is 9.16. The molecule has 2 heteroatoms. The number of alkyl halides is 1. The third-order valence-electron chi connectivity index (χ3n) is 2.13. The third kappa shape index (κ3) is 2.49. The van der Waals surface area contributed by atoms with E-state index in [4.69, 9.17) is 11.6 Å². The Bertz CT molecular complexity index is 204. The molecule has 0 aliphatic heterocycles. The first-order valence-corrected chi connectivity index (χ1v) is 5.76. The molecule has 0 amide bonds. The van der Waals surface area contributed by atoms with Crippen LogP contribution in [0.1, 0.15) is 31.1 Å². The first-order valence-electron chi connectivity index (χ1n) is 4.35. The van der Waals surface area contributed by atoms with Gasteiger partial charge < -0.3 is 0 Å². The van der Waals surface area contributed by atoms with Gasteiger partial charge in [0.2, 0.25) is 0 Å². The molecule has 1 unspecified atom stereocenters. The largest absolute Gasteiger partial charge is 0.149 e. The first kappa shape index (κ1) is 10.1. The van der Waals surface area contributed by atoms with Crippen LogP contribution < -0.4 is 0 Å². The summed E-state index contributed by atoms with van der Waals surface area (Å²) in [6, 6.07) is 4.32. The van der Waals surface area contributed by atoms with Gasteiger partial charge in [0, 0.05) is 10.8 Å². The average Bonchev–Trinajstić information content (AvgIpc) is 2.51. The van der Waals surface area contributed by atoms with Crippen LogP contribution in [0.25, 0.3) is 0 Å². The van der Waals surface area contributed by atoms with E-state index in [0.29, 0.717) is 11.8 Å². The molecule has 68 valence electrons. The van der Waals surface area contributed by atoms with Crippen molar-refractivity contribution >= 4 is 22.9 Å². The standard InChI is InChI=1S/C10H15ClS/c1-8(2)9(5-6-11)10-4-3-7-12-10/h3-4,7-9H,5-6H2,1-2H3. The van der Waals surface area contributed by atoms with E-state index in [1.807, 2.05) is 11.3 Å². The summed E-state index contributed by atoms with van der Waals surface area (Å²) in [4.78, 5) is 1.48. The number of thiophene rings is 1. The first-order chi connectivity index (χ1) is 5.75. The smallest absolute Gasteiger partial charge is 0.0229 e. The Morgan fingerprint density at radius 3 is 2.67 bits per heavy atom. The molecule has 12 heavy (non-hydrogen) atoms. The highest BCUT2D eigenvalue weighted by Gasteiger charge is 2.15. The fourth-order valence-corrected chi connectivity index (χ4v) is 2.70. The Balaban J connectivity index is 2.66. The second-order valence-electron chi connectivity index (χ2n) is 3.34. The monoisotopic (exact) mass is 202 g/mol. The topological polar surface area (TPSA) is 0 Å². The van der Waals surface area contributed by atoms with Crippen molar-refractivity contribution in [2.75, 3.05) is 5.88 Å². The molecule has 0 spiro atoms. The van der Waals surface area contributed by atoms with Crippen LogP contribution in [0.5, 0.6) is 0 Å². The van der Waals surface area contributed by atoms with Crippen LogP contribution in [0, 0.1) is 5.92 Å². The van der Waals surface area contributed by atoms with Crippen LogP contribution in [0.4, 0.5) is 0 Å². The minimum absolute atomic E-state index is 0.655. The summed E-state index contributed by atoms with van der Waals surface area (Å²) in [5.74, 6) is 2.12. The normalized spacial score (nSPS) is 13.7. The molecule has 0 saturated heterocycles. The quantitative estimate of drug-likeness (QED) is 0.645. The summed E-state index contributed by atoms with van der Waals surface area (Å²) in [7, 11) is 0. The predicted molar refractivity (Wildman–Crippen MR) is 57.2 cm³/mol. The Kier molecular flexibility index (Phi) is 4.10. The van der Waals surface area contributed by atoms with Crippen LogP contribution in [-0.4, -0.2) is 5.88 Å². The lowest BCUT2D eigenvalue weighted by molar-refractivity contribution is 0.494. The van der Waals surface area contributed by atoms with Crippen molar-refractivity contribution in [1.82, 2.24) is 0 Å². The Morgan fingerprint density at radius 2 is 2.25 bits per heavy atom. The van der Waals surface area contributed by atoms with Gasteiger partial charge in [-0.1, -0.05) is 19.9 Å². The van der Waals surface area contributed by atoms with Crippen molar-refractivity contribution in [2.24, 2.45) is 5.92 Å². The second-order valence-corrected chi connectivity index (χ2v) is 4.70. The van der Waals surface area contributed by atoms with Crippen molar-refractivity contribution in [2.45, 2.75) is 26.2 Å². The Hall–Kier alpha value is -0.0100. The van der Waals surface area contributed by atoms with E-state index in [2.05, 4.69) is 31.4 Å². The van der Waals surface area contributed by atoms with Gasteiger partial charge in [-0.15, -0.1) is 22.9 Å². The van der Waals surface area contributed by atoms with Gasteiger partial charge in [0.25, 0.3) is 0 Å². The number of hydrogen-bond donors (Lipinski definition) is 0. The Labute approximate surface area is 83.6 Å². The highest BCUT2D eigenvalue weighted by atomic mass is 35.5. The molecule has 1 aromatic heterocycles. The van der Waals surface area contributed by atoms with Gasteiger partial charge in [-0.3, -0.25) is 0 Å². The number of hydrogen-bond acceptors (Lipinski definition) is 1. The van der Waals surface area contributed by atoms with Gasteiger partial charge in [0.05, 0.1) is 0 Å². The highest BCUT2D eigenvalue weighted by Crippen LogP contribution is 2.31. The van der Waals surface area contributed by atoms with Crippen molar-refractivity contribution in [3.05, 3.63) is 22.4 Å². The summed E-state index contributed by atoms with van der Waals surface area (Å²) in [6.45, 7) is 4.52. The summed E-state index contributed by atoms with van der Waals surface area (Å²) in [5.41, 5.74) is 0. The molecule has 1 heterocycles. The Morgan fingerprint density at radius 1 is 1.50 bits per heavy atom. The van der Waals surface area contributed by atoms with Crippen LogP contribution in [0.15, 0.2) is 17.5 Å². The van der Waals surface area contributed by atoms with E-state index in [1.165, 1.54) is 4.88 Å². The molecular weight excluding hydrogens is 188 g/mol. The summed E-state index contributed by atoms with van der Waals surface area (Å²) in [6.07, 6.45) is 1.10. The molecule has 0 saturated carbocycles. The van der Waals surface area contributed by atoms with Crippen LogP contribution in [-0.2, 0) is 0 Å². The van der Waals surface area contributed by atoms with Crippen LogP contribution in [0.2, 0.25) is 0 Å². The summed E-state index contributed by atoms with van der Waals surface area (Å²) < 4.78 is 0. The SMILES string of the molecule is CC(C)C(CCCl)c1cccs1. The molecule has 1 rings (SSSR count). The lowest BCUT2D eigenvalue weighted by Gasteiger charge is -2.17. The lowest BCUT2D eigenvalue weighted by Crippen LogP contribution is -2.05. The van der Waals surface area contributed by atoms with Crippen LogP contribution >= 0.6 is 22.9 Å². The fraction of sp³-hybridized carbons (Fsp3) is 0.600. The molecule has 0 nitrogen and oxygen atoms in total. The number of rotatable bonds is 4. The molecule has 0 radical (unpaired) electrons. The van der Waals surface area contributed by atoms with Gasteiger partial charge >= 0.3 is 0 Å². The molecular formula is C10H15ClS. The maximum absolute atomic E-state index is 5.76. The van der Waals surface area contributed by atoms with Gasteiger partial charge in [0.1, 0.15) is 0 Å². The van der Waals surface area contributed by atoms with Crippen molar-refractivity contribution in [1.29, 1.82) is 0 Å². The molecule has 1 aromatic rings. The zero-order valence-electron chi connectivity index (χ0n) is 7.59. The van der Waals surface area contributed by atoms with Gasteiger partial charge in [-0.2, -0.15) is 0 Å². The zero-order chi connectivity index (χ0) is 8.97. The predicted octanol–water partition coefficient (Wildman–Crippen LogP) is 4.12. The van der Waals surface area contributed by atoms with Crippen molar-refractivity contribution in [3.8, 4) is 0 Å². The van der Waals surface area contributed by atoms with E-state index in [9.17, 15) is 0 Å². The lowest BCUT2D eigenvalue weighted by atomic mass is 9.92. The van der Waals surface area contributed by atoms with Gasteiger partial charge in [0.15, 0.2) is 0 Å². The maximum atomic E-state index is 5.76. The van der Waals surface area contributed by atoms with E-state index < -0.39 is 0 Å². The molecule has 0 fully saturated rings. The average molecular weight is 203 g/mol. The van der Waals surface area contributed by atoms with Crippen molar-refractivity contribution in [3.63, 3.8) is 0 Å². The fourth-order valence-electron chi connectivity index (χ4n) is 1.42. The molecule has 0 N–H and O–H groups in total. The van der Waals surface area contributed by atoms with E-state index in [1.54, 1.807) is 0 Å². The second kappa shape index (κ2) is 4.88. The summed E-state index contributed by atoms with van der Waals surface area (Å²) in [5, 5.41) is 2.14. The molecule has 0 aromatic carbocycles. The van der Waals surface area contributed by atoms with Gasteiger partial charge in [-0.25, -0.2) is 0 Å². The minimum Gasteiger partial charge on any atom is -0.149 e. The minimum atomic E-state index is 0.655. The van der Waals surface area contributed by atoms with E-state index in [0.717, 1.165) is 12.3 Å².